The molecule has 0 aliphatic heterocycles. The lowest BCUT2D eigenvalue weighted by Gasteiger charge is -2.12. The molecular formula is C20H9F6N5. The molecule has 31 heavy (non-hydrogen) atoms. The largest absolute Gasteiger partial charge is 0.433 e. The van der Waals surface area contributed by atoms with Gasteiger partial charge in [-0.2, -0.15) is 31.4 Å². The fourth-order valence-electron chi connectivity index (χ4n) is 2.73. The zero-order chi connectivity index (χ0) is 22.2. The number of halogens is 6. The summed E-state index contributed by atoms with van der Waals surface area (Å²) in [5, 5.41) is 3.73. The summed E-state index contributed by atoms with van der Waals surface area (Å²) in [6, 6.07) is 4.40. The molecule has 3 aromatic heterocycles. The lowest BCUT2D eigenvalue weighted by atomic mass is 10.1. The average molecular weight is 433 g/mol. The highest BCUT2D eigenvalue weighted by Gasteiger charge is 2.36. The number of alkyl halides is 6. The van der Waals surface area contributed by atoms with Crippen LogP contribution in [0.5, 0.6) is 0 Å². The lowest BCUT2D eigenvalue weighted by molar-refractivity contribution is -0.142. The number of rotatable bonds is 1. The highest BCUT2D eigenvalue weighted by Crippen LogP contribution is 2.34. The van der Waals surface area contributed by atoms with E-state index in [-0.39, 0.29) is 28.2 Å². The van der Waals surface area contributed by atoms with Gasteiger partial charge < -0.3 is 0 Å². The van der Waals surface area contributed by atoms with Crippen molar-refractivity contribution in [1.29, 1.82) is 0 Å². The Labute approximate surface area is 170 Å². The SMILES string of the molecule is FC(F)(F)c1ccc(-c2cc(C(F)(F)F)n3ncc(C#Cc4cnccn4)c3n2)cc1. The Hall–Kier alpha value is -3.94. The second-order valence-corrected chi connectivity index (χ2v) is 6.23. The summed E-state index contributed by atoms with van der Waals surface area (Å²) >= 11 is 0. The highest BCUT2D eigenvalue weighted by molar-refractivity contribution is 5.66. The van der Waals surface area contributed by atoms with Crippen molar-refractivity contribution >= 4 is 5.65 Å². The van der Waals surface area contributed by atoms with Crippen LogP contribution in [-0.4, -0.2) is 24.6 Å². The van der Waals surface area contributed by atoms with Crippen LogP contribution in [0.25, 0.3) is 16.9 Å². The van der Waals surface area contributed by atoms with Gasteiger partial charge in [-0.05, 0) is 24.1 Å². The molecule has 4 aromatic rings. The van der Waals surface area contributed by atoms with Crippen molar-refractivity contribution in [2.24, 2.45) is 0 Å². The van der Waals surface area contributed by atoms with E-state index in [0.29, 0.717) is 4.52 Å². The van der Waals surface area contributed by atoms with Crippen LogP contribution in [0.15, 0.2) is 55.1 Å². The van der Waals surface area contributed by atoms with Gasteiger partial charge in [0.2, 0.25) is 0 Å². The maximum absolute atomic E-state index is 13.6. The number of nitrogens with zero attached hydrogens (tertiary/aromatic N) is 5. The van der Waals surface area contributed by atoms with Gasteiger partial charge in [0.05, 0.1) is 29.2 Å². The van der Waals surface area contributed by atoms with E-state index in [9.17, 15) is 26.3 Å². The van der Waals surface area contributed by atoms with Crippen molar-refractivity contribution in [3.05, 3.63) is 77.6 Å². The fraction of sp³-hybridized carbons (Fsp3) is 0.100. The zero-order valence-corrected chi connectivity index (χ0v) is 15.2. The minimum Gasteiger partial charge on any atom is -0.260 e. The van der Waals surface area contributed by atoms with Gasteiger partial charge in [-0.3, -0.25) is 4.98 Å². The highest BCUT2D eigenvalue weighted by atomic mass is 19.4. The Morgan fingerprint density at radius 1 is 0.839 bits per heavy atom. The van der Waals surface area contributed by atoms with E-state index in [4.69, 9.17) is 0 Å². The van der Waals surface area contributed by atoms with Crippen LogP contribution in [0.2, 0.25) is 0 Å². The molecule has 0 N–H and O–H groups in total. The van der Waals surface area contributed by atoms with Gasteiger partial charge in [0.1, 0.15) is 5.69 Å². The Bertz CT molecular complexity index is 1300. The van der Waals surface area contributed by atoms with Gasteiger partial charge in [-0.25, -0.2) is 14.5 Å². The molecule has 0 spiro atoms. The van der Waals surface area contributed by atoms with Crippen LogP contribution in [0.4, 0.5) is 26.3 Å². The number of fused-ring (bicyclic) bond motifs is 1. The molecule has 0 amide bonds. The molecule has 0 bridgehead atoms. The first-order valence-corrected chi connectivity index (χ1v) is 8.54. The lowest BCUT2D eigenvalue weighted by Crippen LogP contribution is -2.13. The van der Waals surface area contributed by atoms with Crippen LogP contribution in [0.1, 0.15) is 22.5 Å². The predicted octanol–water partition coefficient (Wildman–Crippen LogP) is 4.62. The summed E-state index contributed by atoms with van der Waals surface area (Å²) in [5.41, 5.74) is -1.97. The second-order valence-electron chi connectivity index (χ2n) is 6.23. The van der Waals surface area contributed by atoms with Crippen LogP contribution in [0, 0.1) is 11.8 Å². The van der Waals surface area contributed by atoms with Gasteiger partial charge in [-0.15, -0.1) is 0 Å². The molecule has 0 aliphatic carbocycles. The van der Waals surface area contributed by atoms with E-state index in [2.05, 4.69) is 31.9 Å². The summed E-state index contributed by atoms with van der Waals surface area (Å²) in [6.45, 7) is 0. The van der Waals surface area contributed by atoms with Crippen molar-refractivity contribution in [1.82, 2.24) is 24.6 Å². The Kier molecular flexibility index (Phi) is 4.85. The summed E-state index contributed by atoms with van der Waals surface area (Å²) in [7, 11) is 0. The zero-order valence-electron chi connectivity index (χ0n) is 15.2. The Morgan fingerprint density at radius 2 is 1.58 bits per heavy atom. The first-order valence-electron chi connectivity index (χ1n) is 8.54. The van der Waals surface area contributed by atoms with Crippen molar-refractivity contribution in [3.63, 3.8) is 0 Å². The van der Waals surface area contributed by atoms with Crippen molar-refractivity contribution in [3.8, 4) is 23.1 Å². The van der Waals surface area contributed by atoms with E-state index in [1.54, 1.807) is 0 Å². The molecular weight excluding hydrogens is 424 g/mol. The second kappa shape index (κ2) is 7.39. The molecule has 0 atom stereocenters. The monoisotopic (exact) mass is 433 g/mol. The number of hydrogen-bond acceptors (Lipinski definition) is 4. The molecule has 0 saturated heterocycles. The standard InChI is InChI=1S/C20H9F6N5/c21-19(22,23)14-4-1-12(2-5-14)16-9-17(20(24,25)26)31-18(30-16)13(10-29-31)3-6-15-11-27-7-8-28-15/h1-2,4-5,7-11H. The van der Waals surface area contributed by atoms with Crippen LogP contribution in [-0.2, 0) is 12.4 Å². The molecule has 11 heteroatoms. The maximum atomic E-state index is 13.6. The van der Waals surface area contributed by atoms with E-state index in [1.807, 2.05) is 0 Å². The molecule has 1 aromatic carbocycles. The fourth-order valence-corrected chi connectivity index (χ4v) is 2.73. The summed E-state index contributed by atoms with van der Waals surface area (Å²) < 4.78 is 79.8. The maximum Gasteiger partial charge on any atom is 0.433 e. The van der Waals surface area contributed by atoms with Gasteiger partial charge in [-0.1, -0.05) is 18.1 Å². The Balaban J connectivity index is 1.86. The van der Waals surface area contributed by atoms with E-state index < -0.39 is 23.6 Å². The number of hydrogen-bond donors (Lipinski definition) is 0. The molecule has 0 saturated carbocycles. The third-order valence-corrected chi connectivity index (χ3v) is 4.16. The van der Waals surface area contributed by atoms with Gasteiger partial charge in [0.25, 0.3) is 0 Å². The average Bonchev–Trinajstić information content (AvgIpc) is 3.14. The van der Waals surface area contributed by atoms with Gasteiger partial charge >= 0.3 is 12.4 Å². The van der Waals surface area contributed by atoms with E-state index in [0.717, 1.165) is 36.5 Å². The van der Waals surface area contributed by atoms with E-state index in [1.165, 1.54) is 18.6 Å². The molecule has 0 radical (unpaired) electrons. The minimum atomic E-state index is -4.79. The summed E-state index contributed by atoms with van der Waals surface area (Å²) in [6.07, 6.45) is -4.01. The predicted molar refractivity (Wildman–Crippen MR) is 96.4 cm³/mol. The quantitative estimate of drug-likeness (QED) is 0.325. The van der Waals surface area contributed by atoms with Crippen LogP contribution in [0.3, 0.4) is 0 Å². The molecule has 156 valence electrons. The van der Waals surface area contributed by atoms with Crippen molar-refractivity contribution in [2.75, 3.05) is 0 Å². The van der Waals surface area contributed by atoms with Crippen molar-refractivity contribution < 1.29 is 26.3 Å². The van der Waals surface area contributed by atoms with Crippen LogP contribution < -0.4 is 0 Å². The van der Waals surface area contributed by atoms with Gasteiger partial charge in [0.15, 0.2) is 11.3 Å². The third kappa shape index (κ3) is 4.18. The molecule has 4 rings (SSSR count). The Morgan fingerprint density at radius 3 is 2.19 bits per heavy atom. The van der Waals surface area contributed by atoms with Crippen molar-refractivity contribution in [2.45, 2.75) is 12.4 Å². The molecule has 5 nitrogen and oxygen atoms in total. The first kappa shape index (κ1) is 20.3. The van der Waals surface area contributed by atoms with Gasteiger partial charge in [0, 0.05) is 18.0 Å². The summed E-state index contributed by atoms with van der Waals surface area (Å²) in [5.74, 6) is 5.31. The normalized spacial score (nSPS) is 11.9. The number of aromatic nitrogens is 5. The molecule has 3 heterocycles. The molecule has 0 fully saturated rings. The topological polar surface area (TPSA) is 56.0 Å². The first-order chi connectivity index (χ1) is 14.6. The molecule has 0 aliphatic rings. The molecule has 0 unspecified atom stereocenters. The summed E-state index contributed by atoms with van der Waals surface area (Å²) in [4.78, 5) is 12.0. The minimum absolute atomic E-state index is 0.0787. The van der Waals surface area contributed by atoms with E-state index >= 15 is 0 Å². The number of benzene rings is 1. The van der Waals surface area contributed by atoms with Crippen LogP contribution >= 0.6 is 0 Å². The smallest absolute Gasteiger partial charge is 0.260 e. The third-order valence-electron chi connectivity index (χ3n) is 4.16.